The molecule has 0 spiro atoms. The van der Waals surface area contributed by atoms with Crippen LogP contribution in [0.15, 0.2) is 42.5 Å². The maximum atomic E-state index is 12.5. The van der Waals surface area contributed by atoms with Crippen LogP contribution < -0.4 is 19.7 Å². The van der Waals surface area contributed by atoms with Gasteiger partial charge in [0.25, 0.3) is 0 Å². The second-order valence-electron chi connectivity index (χ2n) is 6.13. The zero-order chi connectivity index (χ0) is 20.1. The van der Waals surface area contributed by atoms with E-state index < -0.39 is 6.61 Å². The smallest absolute Gasteiger partial charge is 0.387 e. The summed E-state index contributed by atoms with van der Waals surface area (Å²) in [6.45, 7) is -0.616. The van der Waals surface area contributed by atoms with Crippen molar-refractivity contribution in [3.05, 3.63) is 47.5 Å². The maximum absolute atomic E-state index is 12.5. The van der Waals surface area contributed by atoms with E-state index >= 15 is 0 Å². The fourth-order valence-corrected chi connectivity index (χ4v) is 3.17. The molecule has 1 fully saturated rings. The number of alkyl halides is 2. The van der Waals surface area contributed by atoms with Crippen LogP contribution in [0.25, 0.3) is 0 Å². The van der Waals surface area contributed by atoms with Gasteiger partial charge in [0.2, 0.25) is 0 Å². The lowest BCUT2D eigenvalue weighted by atomic mass is 10.2. The minimum Gasteiger partial charge on any atom is -0.493 e. The summed E-state index contributed by atoms with van der Waals surface area (Å²) in [5.74, 6) is 0.0227. The lowest BCUT2D eigenvalue weighted by Gasteiger charge is -2.36. The number of nitrogens with one attached hydrogen (secondary N) is 1. The number of benzene rings is 2. The van der Waals surface area contributed by atoms with Crippen molar-refractivity contribution < 1.29 is 23.0 Å². The third-order valence-corrected chi connectivity index (χ3v) is 4.61. The van der Waals surface area contributed by atoms with Crippen LogP contribution in [-0.4, -0.2) is 50.8 Å². The van der Waals surface area contributed by atoms with Gasteiger partial charge >= 0.3 is 12.6 Å². The lowest BCUT2D eigenvalue weighted by Crippen LogP contribution is -2.50. The zero-order valence-electron chi connectivity index (χ0n) is 15.2. The number of hydrogen-bond donors (Lipinski definition) is 1. The molecule has 0 bridgehead atoms. The number of amides is 2. The first-order valence-electron chi connectivity index (χ1n) is 8.65. The molecular formula is C19H20ClF2N3O3. The highest BCUT2D eigenvalue weighted by molar-refractivity contribution is 6.30. The van der Waals surface area contributed by atoms with Gasteiger partial charge in [-0.1, -0.05) is 17.7 Å². The van der Waals surface area contributed by atoms with Gasteiger partial charge < -0.3 is 24.6 Å². The van der Waals surface area contributed by atoms with Crippen molar-refractivity contribution in [3.8, 4) is 11.5 Å². The first kappa shape index (κ1) is 20.0. The number of halogens is 3. The van der Waals surface area contributed by atoms with Gasteiger partial charge in [0.15, 0.2) is 11.5 Å². The van der Waals surface area contributed by atoms with Crippen molar-refractivity contribution in [1.29, 1.82) is 0 Å². The van der Waals surface area contributed by atoms with Crippen molar-refractivity contribution >= 4 is 29.0 Å². The molecule has 2 aromatic carbocycles. The van der Waals surface area contributed by atoms with Crippen LogP contribution in [0.1, 0.15) is 0 Å². The molecule has 0 saturated carbocycles. The number of urea groups is 1. The monoisotopic (exact) mass is 411 g/mol. The summed E-state index contributed by atoms with van der Waals surface area (Å²) in [6.07, 6.45) is 0. The first-order chi connectivity index (χ1) is 13.5. The SMILES string of the molecule is COc1ccc(NC(=O)N2CCN(c3cccc(Cl)c3)CC2)cc1OC(F)F. The Morgan fingerprint density at radius 1 is 1.11 bits per heavy atom. The van der Waals surface area contributed by atoms with E-state index in [-0.39, 0.29) is 17.5 Å². The van der Waals surface area contributed by atoms with E-state index in [4.69, 9.17) is 16.3 Å². The highest BCUT2D eigenvalue weighted by Gasteiger charge is 2.22. The van der Waals surface area contributed by atoms with E-state index in [1.807, 2.05) is 24.3 Å². The van der Waals surface area contributed by atoms with Gasteiger partial charge in [0.1, 0.15) is 0 Å². The number of rotatable bonds is 5. The van der Waals surface area contributed by atoms with Crippen molar-refractivity contribution in [2.45, 2.75) is 6.61 Å². The van der Waals surface area contributed by atoms with Crippen molar-refractivity contribution in [2.24, 2.45) is 0 Å². The van der Waals surface area contributed by atoms with Crippen molar-refractivity contribution in [2.75, 3.05) is 43.5 Å². The predicted molar refractivity (Wildman–Crippen MR) is 104 cm³/mol. The normalized spacial score (nSPS) is 14.2. The van der Waals surface area contributed by atoms with E-state index in [1.54, 1.807) is 11.0 Å². The van der Waals surface area contributed by atoms with Crippen LogP contribution >= 0.6 is 11.6 Å². The largest absolute Gasteiger partial charge is 0.493 e. The molecule has 0 unspecified atom stereocenters. The molecule has 1 heterocycles. The Hall–Kier alpha value is -2.74. The quantitative estimate of drug-likeness (QED) is 0.796. The lowest BCUT2D eigenvalue weighted by molar-refractivity contribution is -0.0511. The average molecular weight is 412 g/mol. The fourth-order valence-electron chi connectivity index (χ4n) is 2.99. The second-order valence-corrected chi connectivity index (χ2v) is 6.56. The highest BCUT2D eigenvalue weighted by atomic mass is 35.5. The highest BCUT2D eigenvalue weighted by Crippen LogP contribution is 2.31. The summed E-state index contributed by atoms with van der Waals surface area (Å²) in [5, 5.41) is 3.37. The summed E-state index contributed by atoms with van der Waals surface area (Å²) in [7, 11) is 1.35. The topological polar surface area (TPSA) is 54.0 Å². The van der Waals surface area contributed by atoms with Gasteiger partial charge in [-0.3, -0.25) is 0 Å². The summed E-state index contributed by atoms with van der Waals surface area (Å²) in [5.41, 5.74) is 1.36. The molecule has 0 aliphatic carbocycles. The minimum absolute atomic E-state index is 0.138. The molecule has 3 rings (SSSR count). The van der Waals surface area contributed by atoms with Gasteiger partial charge in [0, 0.05) is 48.6 Å². The third-order valence-electron chi connectivity index (χ3n) is 4.37. The Kier molecular flexibility index (Phi) is 6.41. The molecule has 1 aliphatic heterocycles. The molecule has 6 nitrogen and oxygen atoms in total. The Morgan fingerprint density at radius 2 is 1.86 bits per heavy atom. The molecule has 0 atom stereocenters. The number of hydrogen-bond acceptors (Lipinski definition) is 4. The molecule has 9 heteroatoms. The number of anilines is 2. The van der Waals surface area contributed by atoms with Crippen LogP contribution in [-0.2, 0) is 0 Å². The Bertz CT molecular complexity index is 830. The number of ether oxygens (including phenoxy) is 2. The van der Waals surface area contributed by atoms with E-state index in [9.17, 15) is 13.6 Å². The summed E-state index contributed by atoms with van der Waals surface area (Å²) in [4.78, 5) is 16.3. The van der Waals surface area contributed by atoms with E-state index in [2.05, 4.69) is 15.0 Å². The van der Waals surface area contributed by atoms with Gasteiger partial charge in [-0.05, 0) is 30.3 Å². The predicted octanol–water partition coefficient (Wildman–Crippen LogP) is 4.30. The molecule has 150 valence electrons. The standard InChI is InChI=1S/C19H20ClF2N3O3/c1-27-16-6-5-14(12-17(16)28-18(21)22)23-19(26)25-9-7-24(8-10-25)15-4-2-3-13(20)11-15/h2-6,11-12,18H,7-10H2,1H3,(H,23,26). The Balaban J connectivity index is 1.60. The maximum Gasteiger partial charge on any atom is 0.387 e. The van der Waals surface area contributed by atoms with Crippen LogP contribution in [0, 0.1) is 0 Å². The van der Waals surface area contributed by atoms with Crippen LogP contribution in [0.4, 0.5) is 25.0 Å². The van der Waals surface area contributed by atoms with Gasteiger partial charge in [-0.15, -0.1) is 0 Å². The molecule has 1 saturated heterocycles. The number of carbonyl (C=O) groups excluding carboxylic acids is 1. The number of methoxy groups -OCH3 is 1. The molecular weight excluding hydrogens is 392 g/mol. The third kappa shape index (κ3) is 4.95. The van der Waals surface area contributed by atoms with E-state index in [0.717, 1.165) is 5.69 Å². The summed E-state index contributed by atoms with van der Waals surface area (Å²) >= 11 is 6.03. The van der Waals surface area contributed by atoms with Gasteiger partial charge in [-0.25, -0.2) is 4.79 Å². The number of carbonyl (C=O) groups is 1. The Labute approximate surface area is 166 Å². The van der Waals surface area contributed by atoms with Crippen LogP contribution in [0.3, 0.4) is 0 Å². The second kappa shape index (κ2) is 8.97. The van der Waals surface area contributed by atoms with Crippen molar-refractivity contribution in [3.63, 3.8) is 0 Å². The van der Waals surface area contributed by atoms with Crippen LogP contribution in [0.2, 0.25) is 5.02 Å². The fraction of sp³-hybridized carbons (Fsp3) is 0.316. The summed E-state index contributed by atoms with van der Waals surface area (Å²) in [6, 6.07) is 11.6. The van der Waals surface area contributed by atoms with Crippen LogP contribution in [0.5, 0.6) is 11.5 Å². The van der Waals surface area contributed by atoms with Crippen molar-refractivity contribution in [1.82, 2.24) is 4.90 Å². The summed E-state index contributed by atoms with van der Waals surface area (Å²) < 4.78 is 34.5. The first-order valence-corrected chi connectivity index (χ1v) is 9.03. The minimum atomic E-state index is -2.99. The van der Waals surface area contributed by atoms with E-state index in [1.165, 1.54) is 19.2 Å². The van der Waals surface area contributed by atoms with E-state index in [0.29, 0.717) is 36.9 Å². The molecule has 28 heavy (non-hydrogen) atoms. The number of nitrogens with zero attached hydrogens (tertiary/aromatic N) is 2. The molecule has 1 N–H and O–H groups in total. The Morgan fingerprint density at radius 3 is 2.50 bits per heavy atom. The molecule has 0 radical (unpaired) electrons. The molecule has 2 aromatic rings. The average Bonchev–Trinajstić information content (AvgIpc) is 2.68. The number of piperazine rings is 1. The molecule has 1 aliphatic rings. The van der Waals surface area contributed by atoms with Gasteiger partial charge in [-0.2, -0.15) is 8.78 Å². The van der Waals surface area contributed by atoms with Gasteiger partial charge in [0.05, 0.1) is 7.11 Å². The molecule has 2 amide bonds. The zero-order valence-corrected chi connectivity index (χ0v) is 16.0. The molecule has 0 aromatic heterocycles.